The van der Waals surface area contributed by atoms with Crippen molar-refractivity contribution in [2.75, 3.05) is 13.1 Å². The van der Waals surface area contributed by atoms with Gasteiger partial charge >= 0.3 is 0 Å². The average molecular weight is 183 g/mol. The maximum absolute atomic E-state index is 11.4. The molecule has 1 fully saturated rings. The molecule has 0 aromatic rings. The van der Waals surface area contributed by atoms with Gasteiger partial charge in [-0.2, -0.15) is 0 Å². The van der Waals surface area contributed by atoms with E-state index in [0.717, 1.165) is 19.4 Å². The fourth-order valence-corrected chi connectivity index (χ4v) is 1.58. The van der Waals surface area contributed by atoms with Crippen LogP contribution < -0.4 is 0 Å². The third kappa shape index (κ3) is 3.19. The zero-order valence-corrected chi connectivity index (χ0v) is 7.91. The van der Waals surface area contributed by atoms with Crippen molar-refractivity contribution in [1.29, 1.82) is 0 Å². The second kappa shape index (κ2) is 5.02. The van der Waals surface area contributed by atoms with E-state index in [1.165, 1.54) is 0 Å². The molecule has 0 radical (unpaired) electrons. The van der Waals surface area contributed by atoms with E-state index < -0.39 is 0 Å². The van der Waals surface area contributed by atoms with Crippen molar-refractivity contribution in [2.24, 2.45) is 0 Å². The van der Waals surface area contributed by atoms with Gasteiger partial charge in [-0.25, -0.2) is 0 Å². The minimum absolute atomic E-state index is 0.129. The summed E-state index contributed by atoms with van der Waals surface area (Å²) in [6.45, 7) is 5.01. The van der Waals surface area contributed by atoms with Crippen LogP contribution in [0.4, 0.5) is 0 Å². The average Bonchev–Trinajstić information content (AvgIpc) is 2.30. The lowest BCUT2D eigenvalue weighted by Gasteiger charge is -2.19. The molecule has 1 aliphatic heterocycles. The van der Waals surface area contributed by atoms with Crippen LogP contribution in [-0.4, -0.2) is 35.1 Å². The highest BCUT2D eigenvalue weighted by Crippen LogP contribution is 2.11. The van der Waals surface area contributed by atoms with Crippen molar-refractivity contribution in [3.63, 3.8) is 0 Å². The summed E-state index contributed by atoms with van der Waals surface area (Å²) >= 11 is 0. The second-order valence-corrected chi connectivity index (χ2v) is 3.46. The summed E-state index contributed by atoms with van der Waals surface area (Å²) < 4.78 is 0. The molecule has 1 atom stereocenters. The van der Waals surface area contributed by atoms with Crippen LogP contribution in [0, 0.1) is 0 Å². The minimum Gasteiger partial charge on any atom is -0.393 e. The van der Waals surface area contributed by atoms with E-state index >= 15 is 0 Å². The largest absolute Gasteiger partial charge is 0.393 e. The Labute approximate surface area is 79.0 Å². The van der Waals surface area contributed by atoms with Crippen LogP contribution in [0.3, 0.4) is 0 Å². The fraction of sp³-hybridized carbons (Fsp3) is 0.700. The highest BCUT2D eigenvalue weighted by Gasteiger charge is 2.17. The molecule has 3 heteroatoms. The number of amides is 1. The van der Waals surface area contributed by atoms with Gasteiger partial charge in [0.2, 0.25) is 5.91 Å². The van der Waals surface area contributed by atoms with Crippen molar-refractivity contribution in [3.05, 3.63) is 12.7 Å². The van der Waals surface area contributed by atoms with E-state index in [0.29, 0.717) is 19.4 Å². The summed E-state index contributed by atoms with van der Waals surface area (Å²) in [5.41, 5.74) is 0. The minimum atomic E-state index is -0.221. The van der Waals surface area contributed by atoms with E-state index in [1.54, 1.807) is 6.08 Å². The molecule has 0 aromatic carbocycles. The van der Waals surface area contributed by atoms with E-state index in [1.807, 2.05) is 4.90 Å². The first kappa shape index (κ1) is 10.3. The topological polar surface area (TPSA) is 40.5 Å². The SMILES string of the molecule is C=CCC(=O)N1CCCC(O)CC1. The number of hydrogen-bond donors (Lipinski definition) is 1. The first-order valence-electron chi connectivity index (χ1n) is 4.80. The van der Waals surface area contributed by atoms with Gasteiger partial charge in [0.15, 0.2) is 0 Å². The zero-order chi connectivity index (χ0) is 9.68. The molecule has 1 amide bonds. The quantitative estimate of drug-likeness (QED) is 0.647. The molecule has 74 valence electrons. The van der Waals surface area contributed by atoms with E-state index in [9.17, 15) is 9.90 Å². The normalized spacial score (nSPS) is 23.8. The number of rotatable bonds is 2. The lowest BCUT2D eigenvalue weighted by Crippen LogP contribution is -2.31. The first-order chi connectivity index (χ1) is 6.24. The molecule has 0 saturated carbocycles. The zero-order valence-electron chi connectivity index (χ0n) is 7.91. The Bertz CT molecular complexity index is 191. The molecular weight excluding hydrogens is 166 g/mol. The second-order valence-electron chi connectivity index (χ2n) is 3.46. The van der Waals surface area contributed by atoms with E-state index in [4.69, 9.17) is 0 Å². The third-order valence-electron chi connectivity index (χ3n) is 2.37. The molecule has 1 unspecified atom stereocenters. The monoisotopic (exact) mass is 183 g/mol. The molecule has 1 N–H and O–H groups in total. The molecule has 1 saturated heterocycles. The van der Waals surface area contributed by atoms with Crippen molar-refractivity contribution < 1.29 is 9.90 Å². The summed E-state index contributed by atoms with van der Waals surface area (Å²) in [5, 5.41) is 9.36. The first-order valence-corrected chi connectivity index (χ1v) is 4.80. The van der Waals surface area contributed by atoms with Crippen LogP contribution >= 0.6 is 0 Å². The Hall–Kier alpha value is -0.830. The van der Waals surface area contributed by atoms with Gasteiger partial charge < -0.3 is 10.0 Å². The molecule has 0 spiro atoms. The van der Waals surface area contributed by atoms with Crippen LogP contribution in [0.5, 0.6) is 0 Å². The Morgan fingerprint density at radius 1 is 1.54 bits per heavy atom. The van der Waals surface area contributed by atoms with Gasteiger partial charge in [-0.3, -0.25) is 4.79 Å². The number of aliphatic hydroxyl groups is 1. The fourth-order valence-electron chi connectivity index (χ4n) is 1.58. The summed E-state index contributed by atoms with van der Waals surface area (Å²) in [4.78, 5) is 13.2. The molecule has 0 bridgehead atoms. The van der Waals surface area contributed by atoms with Gasteiger partial charge in [0.05, 0.1) is 6.10 Å². The van der Waals surface area contributed by atoms with Gasteiger partial charge in [-0.05, 0) is 19.3 Å². The van der Waals surface area contributed by atoms with Crippen molar-refractivity contribution in [3.8, 4) is 0 Å². The van der Waals surface area contributed by atoms with Gasteiger partial charge in [-0.1, -0.05) is 6.08 Å². The standard InChI is InChI=1S/C10H17NO2/c1-2-4-10(13)11-7-3-5-9(12)6-8-11/h2,9,12H,1,3-8H2. The maximum Gasteiger partial charge on any atom is 0.226 e. The van der Waals surface area contributed by atoms with Crippen LogP contribution in [-0.2, 0) is 4.79 Å². The Morgan fingerprint density at radius 2 is 2.31 bits per heavy atom. The highest BCUT2D eigenvalue weighted by molar-refractivity contribution is 5.77. The summed E-state index contributed by atoms with van der Waals surface area (Å²) in [6, 6.07) is 0. The van der Waals surface area contributed by atoms with Gasteiger partial charge in [0, 0.05) is 19.5 Å². The Kier molecular flexibility index (Phi) is 3.96. The van der Waals surface area contributed by atoms with E-state index in [2.05, 4.69) is 6.58 Å². The van der Waals surface area contributed by atoms with Crippen LogP contribution in [0.2, 0.25) is 0 Å². The number of hydrogen-bond acceptors (Lipinski definition) is 2. The Balaban J connectivity index is 2.41. The van der Waals surface area contributed by atoms with Crippen LogP contribution in [0.25, 0.3) is 0 Å². The highest BCUT2D eigenvalue weighted by atomic mass is 16.3. The van der Waals surface area contributed by atoms with Crippen molar-refractivity contribution in [1.82, 2.24) is 4.90 Å². The van der Waals surface area contributed by atoms with Crippen molar-refractivity contribution in [2.45, 2.75) is 31.8 Å². The molecule has 1 aliphatic rings. The summed E-state index contributed by atoms with van der Waals surface area (Å²) in [7, 11) is 0. The maximum atomic E-state index is 11.4. The molecule has 1 rings (SSSR count). The third-order valence-corrected chi connectivity index (χ3v) is 2.37. The molecular formula is C10H17NO2. The van der Waals surface area contributed by atoms with Crippen LogP contribution in [0.1, 0.15) is 25.7 Å². The molecule has 3 nitrogen and oxygen atoms in total. The van der Waals surface area contributed by atoms with Crippen molar-refractivity contribution >= 4 is 5.91 Å². The van der Waals surface area contributed by atoms with E-state index in [-0.39, 0.29) is 12.0 Å². The Morgan fingerprint density at radius 3 is 3.00 bits per heavy atom. The summed E-state index contributed by atoms with van der Waals surface area (Å²) in [6.07, 6.45) is 4.26. The molecule has 0 aromatic heterocycles. The molecule has 1 heterocycles. The number of aliphatic hydroxyl groups excluding tert-OH is 1. The number of likely N-dealkylation sites (tertiary alicyclic amines) is 1. The lowest BCUT2D eigenvalue weighted by molar-refractivity contribution is -0.130. The molecule has 0 aliphatic carbocycles. The smallest absolute Gasteiger partial charge is 0.226 e. The predicted octanol–water partition coefficient (Wildman–Crippen LogP) is 0.936. The number of nitrogens with zero attached hydrogens (tertiary/aromatic N) is 1. The number of carbonyl (C=O) groups excluding carboxylic acids is 1. The predicted molar refractivity (Wildman–Crippen MR) is 51.3 cm³/mol. The van der Waals surface area contributed by atoms with Crippen LogP contribution in [0.15, 0.2) is 12.7 Å². The molecule has 13 heavy (non-hydrogen) atoms. The lowest BCUT2D eigenvalue weighted by atomic mass is 10.2. The van der Waals surface area contributed by atoms with Gasteiger partial charge in [0.25, 0.3) is 0 Å². The van der Waals surface area contributed by atoms with Gasteiger partial charge in [0.1, 0.15) is 0 Å². The number of carbonyl (C=O) groups is 1. The van der Waals surface area contributed by atoms with Gasteiger partial charge in [-0.15, -0.1) is 6.58 Å². The summed E-state index contributed by atoms with van der Waals surface area (Å²) in [5.74, 6) is 0.129.